The first kappa shape index (κ1) is 11.4. The molecule has 16 heavy (non-hydrogen) atoms. The maximum atomic E-state index is 13.9. The van der Waals surface area contributed by atoms with Crippen molar-refractivity contribution < 1.29 is 4.39 Å². The van der Waals surface area contributed by atoms with Gasteiger partial charge in [-0.1, -0.05) is 12.1 Å². The maximum absolute atomic E-state index is 13.9. The van der Waals surface area contributed by atoms with Crippen molar-refractivity contribution in [2.24, 2.45) is 0 Å². The summed E-state index contributed by atoms with van der Waals surface area (Å²) >= 11 is 0. The van der Waals surface area contributed by atoms with Crippen LogP contribution >= 0.6 is 0 Å². The number of rotatable bonds is 5. The van der Waals surface area contributed by atoms with E-state index in [1.54, 1.807) is 12.1 Å². The minimum absolute atomic E-state index is 0.0958. The highest BCUT2D eigenvalue weighted by molar-refractivity contribution is 5.56. The fourth-order valence-corrected chi connectivity index (χ4v) is 2.20. The molecule has 1 saturated carbocycles. The second kappa shape index (κ2) is 4.83. The summed E-state index contributed by atoms with van der Waals surface area (Å²) in [6.45, 7) is 3.69. The molecular formula is C13H19FN2. The molecule has 88 valence electrons. The number of hydrogen-bond acceptors (Lipinski definition) is 2. The number of para-hydroxylation sites is 1. The van der Waals surface area contributed by atoms with E-state index in [1.165, 1.54) is 12.8 Å². The van der Waals surface area contributed by atoms with E-state index < -0.39 is 0 Å². The average molecular weight is 222 g/mol. The lowest BCUT2D eigenvalue weighted by Gasteiger charge is -2.26. The van der Waals surface area contributed by atoms with Gasteiger partial charge in [-0.15, -0.1) is 0 Å². The fourth-order valence-electron chi connectivity index (χ4n) is 2.20. The first-order chi connectivity index (χ1) is 7.77. The molecule has 0 heterocycles. The van der Waals surface area contributed by atoms with Crippen LogP contribution in [0, 0.1) is 5.82 Å². The molecular weight excluding hydrogens is 203 g/mol. The lowest BCUT2D eigenvalue weighted by molar-refractivity contribution is 0.612. The number of nitrogens with one attached hydrogen (secondary N) is 1. The van der Waals surface area contributed by atoms with Crippen LogP contribution in [0.5, 0.6) is 0 Å². The van der Waals surface area contributed by atoms with Crippen LogP contribution < -0.4 is 10.2 Å². The van der Waals surface area contributed by atoms with E-state index in [4.69, 9.17) is 0 Å². The van der Waals surface area contributed by atoms with Crippen molar-refractivity contribution in [2.45, 2.75) is 32.4 Å². The molecule has 0 spiro atoms. The van der Waals surface area contributed by atoms with E-state index in [0.717, 1.165) is 24.3 Å². The summed E-state index contributed by atoms with van der Waals surface area (Å²) in [5.41, 5.74) is 1.85. The molecule has 1 aliphatic carbocycles. The molecule has 1 fully saturated rings. The van der Waals surface area contributed by atoms with Crippen molar-refractivity contribution >= 4 is 5.69 Å². The van der Waals surface area contributed by atoms with Crippen LogP contribution in [0.4, 0.5) is 10.1 Å². The van der Waals surface area contributed by atoms with E-state index in [0.29, 0.717) is 6.04 Å². The number of nitrogens with zero attached hydrogens (tertiary/aromatic N) is 1. The Hall–Kier alpha value is -1.09. The summed E-state index contributed by atoms with van der Waals surface area (Å²) in [4.78, 5) is 2.20. The van der Waals surface area contributed by atoms with Crippen LogP contribution in [-0.2, 0) is 6.54 Å². The Morgan fingerprint density at radius 3 is 2.75 bits per heavy atom. The Morgan fingerprint density at radius 1 is 1.44 bits per heavy atom. The third-order valence-electron chi connectivity index (χ3n) is 3.05. The Kier molecular flexibility index (Phi) is 3.44. The molecule has 1 N–H and O–H groups in total. The van der Waals surface area contributed by atoms with Gasteiger partial charge in [0.2, 0.25) is 0 Å². The Balaban J connectivity index is 2.34. The second-order valence-electron chi connectivity index (χ2n) is 4.30. The Bertz CT molecular complexity index is 361. The van der Waals surface area contributed by atoms with Gasteiger partial charge in [0, 0.05) is 19.1 Å². The van der Waals surface area contributed by atoms with Crippen LogP contribution in [0.15, 0.2) is 18.2 Å². The molecule has 0 radical (unpaired) electrons. The molecule has 0 atom stereocenters. The van der Waals surface area contributed by atoms with Gasteiger partial charge in [-0.05, 0) is 38.4 Å². The van der Waals surface area contributed by atoms with Crippen molar-refractivity contribution in [3.05, 3.63) is 29.6 Å². The SMILES string of the molecule is CCN(c1c(F)cccc1CNC)C1CC1. The minimum atomic E-state index is -0.0958. The molecule has 1 aromatic rings. The third kappa shape index (κ3) is 2.19. The van der Waals surface area contributed by atoms with Crippen LogP contribution in [0.25, 0.3) is 0 Å². The maximum Gasteiger partial charge on any atom is 0.146 e. The molecule has 0 amide bonds. The van der Waals surface area contributed by atoms with Crippen molar-refractivity contribution in [3.8, 4) is 0 Å². The van der Waals surface area contributed by atoms with Crippen LogP contribution in [0.3, 0.4) is 0 Å². The lowest BCUT2D eigenvalue weighted by Crippen LogP contribution is -2.28. The number of halogens is 1. The molecule has 0 unspecified atom stereocenters. The molecule has 0 bridgehead atoms. The van der Waals surface area contributed by atoms with Crippen LogP contribution in [-0.4, -0.2) is 19.6 Å². The monoisotopic (exact) mass is 222 g/mol. The Labute approximate surface area is 96.5 Å². The highest BCUT2D eigenvalue weighted by atomic mass is 19.1. The molecule has 1 aromatic carbocycles. The predicted molar refractivity (Wildman–Crippen MR) is 65.2 cm³/mol. The zero-order valence-corrected chi connectivity index (χ0v) is 9.96. The van der Waals surface area contributed by atoms with E-state index >= 15 is 0 Å². The van der Waals surface area contributed by atoms with Gasteiger partial charge in [0.1, 0.15) is 5.82 Å². The largest absolute Gasteiger partial charge is 0.366 e. The first-order valence-electron chi connectivity index (χ1n) is 5.96. The average Bonchev–Trinajstić information content (AvgIpc) is 3.07. The third-order valence-corrected chi connectivity index (χ3v) is 3.05. The summed E-state index contributed by atoms with van der Waals surface area (Å²) in [6.07, 6.45) is 2.39. The summed E-state index contributed by atoms with van der Waals surface area (Å²) in [5, 5.41) is 3.10. The van der Waals surface area contributed by atoms with Gasteiger partial charge in [0.05, 0.1) is 5.69 Å². The minimum Gasteiger partial charge on any atom is -0.366 e. The van der Waals surface area contributed by atoms with Gasteiger partial charge >= 0.3 is 0 Å². The number of hydrogen-bond donors (Lipinski definition) is 1. The van der Waals surface area contributed by atoms with Gasteiger partial charge in [-0.25, -0.2) is 4.39 Å². The molecule has 0 aliphatic heterocycles. The molecule has 3 heteroatoms. The van der Waals surface area contributed by atoms with E-state index in [2.05, 4.69) is 17.1 Å². The molecule has 0 aromatic heterocycles. The highest BCUT2D eigenvalue weighted by Gasteiger charge is 2.30. The summed E-state index contributed by atoms with van der Waals surface area (Å²) in [7, 11) is 1.89. The van der Waals surface area contributed by atoms with Gasteiger partial charge in [-0.3, -0.25) is 0 Å². The summed E-state index contributed by atoms with van der Waals surface area (Å²) in [6, 6.07) is 5.89. The number of benzene rings is 1. The van der Waals surface area contributed by atoms with Gasteiger partial charge in [0.15, 0.2) is 0 Å². The zero-order chi connectivity index (χ0) is 11.5. The van der Waals surface area contributed by atoms with E-state index in [9.17, 15) is 4.39 Å². The zero-order valence-electron chi connectivity index (χ0n) is 9.96. The normalized spacial score (nSPS) is 15.2. The second-order valence-corrected chi connectivity index (χ2v) is 4.30. The quantitative estimate of drug-likeness (QED) is 0.823. The highest BCUT2D eigenvalue weighted by Crippen LogP contribution is 2.34. The van der Waals surface area contributed by atoms with E-state index in [-0.39, 0.29) is 5.82 Å². The topological polar surface area (TPSA) is 15.3 Å². The van der Waals surface area contributed by atoms with Crippen LogP contribution in [0.2, 0.25) is 0 Å². The van der Waals surface area contributed by atoms with Gasteiger partial charge in [-0.2, -0.15) is 0 Å². The smallest absolute Gasteiger partial charge is 0.146 e. The summed E-state index contributed by atoms with van der Waals surface area (Å²) < 4.78 is 13.9. The number of anilines is 1. The molecule has 1 aliphatic rings. The predicted octanol–water partition coefficient (Wildman–Crippen LogP) is 2.53. The standard InChI is InChI=1S/C13H19FN2/c1-3-16(11-7-8-11)13-10(9-15-2)5-4-6-12(13)14/h4-6,11,15H,3,7-9H2,1-2H3. The van der Waals surface area contributed by atoms with E-state index in [1.807, 2.05) is 13.1 Å². The van der Waals surface area contributed by atoms with Crippen molar-refractivity contribution in [3.63, 3.8) is 0 Å². The fraction of sp³-hybridized carbons (Fsp3) is 0.538. The van der Waals surface area contributed by atoms with Gasteiger partial charge in [0.25, 0.3) is 0 Å². The molecule has 2 rings (SSSR count). The van der Waals surface area contributed by atoms with Gasteiger partial charge < -0.3 is 10.2 Å². The summed E-state index contributed by atoms with van der Waals surface area (Å²) in [5.74, 6) is -0.0958. The Morgan fingerprint density at radius 2 is 2.19 bits per heavy atom. The van der Waals surface area contributed by atoms with Crippen molar-refractivity contribution in [2.75, 3.05) is 18.5 Å². The van der Waals surface area contributed by atoms with Crippen LogP contribution in [0.1, 0.15) is 25.3 Å². The molecule has 0 saturated heterocycles. The van der Waals surface area contributed by atoms with Crippen molar-refractivity contribution in [1.29, 1.82) is 0 Å². The lowest BCUT2D eigenvalue weighted by atomic mass is 10.1. The first-order valence-corrected chi connectivity index (χ1v) is 5.96. The van der Waals surface area contributed by atoms with Crippen molar-refractivity contribution in [1.82, 2.24) is 5.32 Å². The molecule has 2 nitrogen and oxygen atoms in total.